The molecule has 0 saturated heterocycles. The second-order valence-electron chi connectivity index (χ2n) is 5.06. The first kappa shape index (κ1) is 16.5. The van der Waals surface area contributed by atoms with Gasteiger partial charge in [0.25, 0.3) is 0 Å². The summed E-state index contributed by atoms with van der Waals surface area (Å²) in [6, 6.07) is 10.8. The minimum Gasteiger partial charge on any atom is -0.306 e. The third-order valence-electron chi connectivity index (χ3n) is 3.40. The van der Waals surface area contributed by atoms with Gasteiger partial charge < -0.3 is 5.32 Å². The summed E-state index contributed by atoms with van der Waals surface area (Å²) in [7, 11) is 0. The number of nitrogens with one attached hydrogen (secondary N) is 1. The Hall–Kier alpha value is -0.900. The highest BCUT2D eigenvalue weighted by Crippen LogP contribution is 2.29. The van der Waals surface area contributed by atoms with Crippen molar-refractivity contribution >= 4 is 27.5 Å². The van der Waals surface area contributed by atoms with Crippen molar-refractivity contribution in [2.45, 2.75) is 26.3 Å². The van der Waals surface area contributed by atoms with E-state index in [4.69, 9.17) is 11.6 Å². The van der Waals surface area contributed by atoms with Crippen molar-refractivity contribution in [3.63, 3.8) is 0 Å². The van der Waals surface area contributed by atoms with Gasteiger partial charge in [0.05, 0.1) is 6.04 Å². The Morgan fingerprint density at radius 2 is 2.00 bits per heavy atom. The molecule has 1 unspecified atom stereocenters. The molecule has 0 fully saturated rings. The van der Waals surface area contributed by atoms with Gasteiger partial charge in [-0.1, -0.05) is 52.7 Å². The molecule has 2 aromatic carbocycles. The van der Waals surface area contributed by atoms with Gasteiger partial charge in [0.1, 0.15) is 5.82 Å². The monoisotopic (exact) mass is 369 g/mol. The first-order valence-corrected chi connectivity index (χ1v) is 8.14. The van der Waals surface area contributed by atoms with E-state index in [1.54, 1.807) is 12.1 Å². The molecule has 112 valence electrons. The van der Waals surface area contributed by atoms with Crippen molar-refractivity contribution in [1.82, 2.24) is 5.32 Å². The molecule has 0 spiro atoms. The normalized spacial score (nSPS) is 12.4. The zero-order valence-electron chi connectivity index (χ0n) is 12.1. The van der Waals surface area contributed by atoms with Crippen LogP contribution >= 0.6 is 27.5 Å². The molecule has 4 heteroatoms. The molecule has 0 aliphatic carbocycles. The van der Waals surface area contributed by atoms with Gasteiger partial charge in [-0.3, -0.25) is 0 Å². The molecular formula is C17H18BrClFN. The Morgan fingerprint density at radius 1 is 1.24 bits per heavy atom. The lowest BCUT2D eigenvalue weighted by molar-refractivity contribution is 0.546. The fourth-order valence-corrected chi connectivity index (χ4v) is 2.78. The SMILES string of the molecule is CCCNC(c1ccc(C)c(Br)c1)c1ccc(Cl)cc1F. The summed E-state index contributed by atoms with van der Waals surface area (Å²) in [6.07, 6.45) is 0.985. The van der Waals surface area contributed by atoms with Crippen LogP contribution in [0.1, 0.15) is 36.1 Å². The average Bonchev–Trinajstić information content (AvgIpc) is 2.44. The highest BCUT2D eigenvalue weighted by molar-refractivity contribution is 9.10. The summed E-state index contributed by atoms with van der Waals surface area (Å²) < 4.78 is 15.3. The van der Waals surface area contributed by atoms with Crippen LogP contribution in [0, 0.1) is 12.7 Å². The van der Waals surface area contributed by atoms with Crippen LogP contribution in [0.25, 0.3) is 0 Å². The second-order valence-corrected chi connectivity index (χ2v) is 6.35. The Kier molecular flexibility index (Phi) is 5.80. The smallest absolute Gasteiger partial charge is 0.129 e. The van der Waals surface area contributed by atoms with Gasteiger partial charge in [-0.25, -0.2) is 4.39 Å². The van der Waals surface area contributed by atoms with Crippen molar-refractivity contribution in [3.05, 3.63) is 68.4 Å². The lowest BCUT2D eigenvalue weighted by atomic mass is 9.97. The molecule has 1 N–H and O–H groups in total. The van der Waals surface area contributed by atoms with E-state index in [-0.39, 0.29) is 11.9 Å². The molecule has 0 aliphatic heterocycles. The van der Waals surface area contributed by atoms with Crippen LogP contribution in [-0.2, 0) is 0 Å². The lowest BCUT2D eigenvalue weighted by Crippen LogP contribution is -2.24. The van der Waals surface area contributed by atoms with E-state index < -0.39 is 0 Å². The first-order chi connectivity index (χ1) is 10.0. The van der Waals surface area contributed by atoms with Gasteiger partial charge in [0.2, 0.25) is 0 Å². The van der Waals surface area contributed by atoms with Crippen LogP contribution in [0.15, 0.2) is 40.9 Å². The number of rotatable bonds is 5. The van der Waals surface area contributed by atoms with E-state index in [9.17, 15) is 4.39 Å². The highest BCUT2D eigenvalue weighted by Gasteiger charge is 2.18. The Bertz CT molecular complexity index is 630. The van der Waals surface area contributed by atoms with Gasteiger partial charge in [0, 0.05) is 15.1 Å². The van der Waals surface area contributed by atoms with Crippen LogP contribution in [0.4, 0.5) is 4.39 Å². The van der Waals surface area contributed by atoms with Gasteiger partial charge >= 0.3 is 0 Å². The van der Waals surface area contributed by atoms with E-state index in [2.05, 4.69) is 28.2 Å². The van der Waals surface area contributed by atoms with E-state index >= 15 is 0 Å². The maximum Gasteiger partial charge on any atom is 0.129 e. The number of halogens is 3. The maximum atomic E-state index is 14.3. The predicted molar refractivity (Wildman–Crippen MR) is 90.4 cm³/mol. The molecular weight excluding hydrogens is 353 g/mol. The summed E-state index contributed by atoms with van der Waals surface area (Å²) in [5.41, 5.74) is 2.80. The first-order valence-electron chi connectivity index (χ1n) is 6.97. The second kappa shape index (κ2) is 7.39. The molecule has 2 aromatic rings. The van der Waals surface area contributed by atoms with Crippen LogP contribution < -0.4 is 5.32 Å². The standard InChI is InChI=1S/C17H18BrClFN/c1-3-8-21-17(12-5-4-11(2)15(18)9-12)14-7-6-13(19)10-16(14)20/h4-7,9-10,17,21H,3,8H2,1-2H3. The van der Waals surface area contributed by atoms with Gasteiger partial charge in [-0.15, -0.1) is 0 Å². The molecule has 2 rings (SSSR count). The highest BCUT2D eigenvalue weighted by atomic mass is 79.9. The van der Waals surface area contributed by atoms with E-state index in [0.717, 1.165) is 28.6 Å². The van der Waals surface area contributed by atoms with E-state index in [1.807, 2.05) is 25.1 Å². The zero-order chi connectivity index (χ0) is 15.4. The molecule has 0 aromatic heterocycles. The lowest BCUT2D eigenvalue weighted by Gasteiger charge is -2.21. The van der Waals surface area contributed by atoms with Crippen molar-refractivity contribution in [2.75, 3.05) is 6.54 Å². The Morgan fingerprint density at radius 3 is 2.62 bits per heavy atom. The fraction of sp³-hybridized carbons (Fsp3) is 0.294. The largest absolute Gasteiger partial charge is 0.306 e. The topological polar surface area (TPSA) is 12.0 Å². The Labute approximate surface area is 138 Å². The predicted octanol–water partition coefficient (Wildman–Crippen LogP) is 5.64. The molecule has 1 nitrogen and oxygen atoms in total. The van der Waals surface area contributed by atoms with Gasteiger partial charge in [0.15, 0.2) is 0 Å². The maximum absolute atomic E-state index is 14.3. The molecule has 1 atom stereocenters. The summed E-state index contributed by atoms with van der Waals surface area (Å²) in [4.78, 5) is 0. The van der Waals surface area contributed by atoms with Crippen molar-refractivity contribution < 1.29 is 4.39 Å². The summed E-state index contributed by atoms with van der Waals surface area (Å²) in [5.74, 6) is -0.284. The zero-order valence-corrected chi connectivity index (χ0v) is 14.4. The van der Waals surface area contributed by atoms with Crippen molar-refractivity contribution in [3.8, 4) is 0 Å². The van der Waals surface area contributed by atoms with E-state index in [0.29, 0.717) is 10.6 Å². The van der Waals surface area contributed by atoms with Crippen LogP contribution in [-0.4, -0.2) is 6.54 Å². The number of hydrogen-bond acceptors (Lipinski definition) is 1. The fourth-order valence-electron chi connectivity index (χ4n) is 2.22. The number of hydrogen-bond donors (Lipinski definition) is 1. The summed E-state index contributed by atoms with van der Waals surface area (Å²) in [5, 5.41) is 3.82. The minimum absolute atomic E-state index is 0.181. The van der Waals surface area contributed by atoms with E-state index in [1.165, 1.54) is 6.07 Å². The molecule has 0 heterocycles. The van der Waals surface area contributed by atoms with Crippen LogP contribution in [0.5, 0.6) is 0 Å². The van der Waals surface area contributed by atoms with Crippen molar-refractivity contribution in [1.29, 1.82) is 0 Å². The molecule has 0 saturated carbocycles. The van der Waals surface area contributed by atoms with Crippen LogP contribution in [0.2, 0.25) is 5.02 Å². The molecule has 0 bridgehead atoms. The number of aryl methyl sites for hydroxylation is 1. The molecule has 0 amide bonds. The summed E-state index contributed by atoms with van der Waals surface area (Å²) in [6.45, 7) is 4.94. The van der Waals surface area contributed by atoms with Crippen LogP contribution in [0.3, 0.4) is 0 Å². The number of benzene rings is 2. The minimum atomic E-state index is -0.284. The van der Waals surface area contributed by atoms with Gasteiger partial charge in [-0.2, -0.15) is 0 Å². The quantitative estimate of drug-likeness (QED) is 0.718. The third kappa shape index (κ3) is 4.06. The third-order valence-corrected chi connectivity index (χ3v) is 4.49. The molecule has 0 radical (unpaired) electrons. The summed E-state index contributed by atoms with van der Waals surface area (Å²) >= 11 is 9.39. The van der Waals surface area contributed by atoms with Crippen molar-refractivity contribution in [2.24, 2.45) is 0 Å². The Balaban J connectivity index is 2.44. The molecule has 21 heavy (non-hydrogen) atoms. The molecule has 0 aliphatic rings. The van der Waals surface area contributed by atoms with Gasteiger partial charge in [-0.05, 0) is 49.2 Å². The average molecular weight is 371 g/mol.